The SMILES string of the molecule is CC(N)(C(=O)Nc1ccc(N2CCCC2)c(F)c1)C1CC1. The van der Waals surface area contributed by atoms with Crippen LogP contribution in [0.2, 0.25) is 0 Å². The van der Waals surface area contributed by atoms with E-state index < -0.39 is 5.54 Å². The summed E-state index contributed by atoms with van der Waals surface area (Å²) < 4.78 is 14.2. The summed E-state index contributed by atoms with van der Waals surface area (Å²) in [5.41, 5.74) is 6.28. The van der Waals surface area contributed by atoms with Crippen molar-refractivity contribution in [3.63, 3.8) is 0 Å². The maximum absolute atomic E-state index is 14.2. The Hall–Kier alpha value is -1.62. The molecule has 1 amide bonds. The van der Waals surface area contributed by atoms with Crippen LogP contribution in [0.25, 0.3) is 0 Å². The Balaban J connectivity index is 1.71. The lowest BCUT2D eigenvalue weighted by molar-refractivity contribution is -0.121. The van der Waals surface area contributed by atoms with Crippen molar-refractivity contribution in [3.05, 3.63) is 24.0 Å². The van der Waals surface area contributed by atoms with Crippen LogP contribution < -0.4 is 16.0 Å². The number of hydrogen-bond donors (Lipinski definition) is 2. The molecule has 1 aliphatic carbocycles. The Bertz CT molecular complexity index is 548. The second-order valence-corrected chi connectivity index (χ2v) is 6.37. The van der Waals surface area contributed by atoms with Crippen molar-refractivity contribution < 1.29 is 9.18 Å². The molecule has 1 heterocycles. The summed E-state index contributed by atoms with van der Waals surface area (Å²) in [5, 5.41) is 2.74. The van der Waals surface area contributed by atoms with Gasteiger partial charge in [-0.15, -0.1) is 0 Å². The predicted molar refractivity (Wildman–Crippen MR) is 81.8 cm³/mol. The molecular weight excluding hydrogens is 269 g/mol. The monoisotopic (exact) mass is 291 g/mol. The summed E-state index contributed by atoms with van der Waals surface area (Å²) in [6, 6.07) is 4.87. The van der Waals surface area contributed by atoms with E-state index in [2.05, 4.69) is 5.32 Å². The van der Waals surface area contributed by atoms with Crippen LogP contribution in [0.3, 0.4) is 0 Å². The number of nitrogens with zero attached hydrogens (tertiary/aromatic N) is 1. The lowest BCUT2D eigenvalue weighted by Crippen LogP contribution is -2.50. The number of carbonyl (C=O) groups excluding carboxylic acids is 1. The van der Waals surface area contributed by atoms with Crippen LogP contribution in [0, 0.1) is 11.7 Å². The lowest BCUT2D eigenvalue weighted by Gasteiger charge is -2.24. The van der Waals surface area contributed by atoms with Crippen LogP contribution in [0.4, 0.5) is 15.8 Å². The summed E-state index contributed by atoms with van der Waals surface area (Å²) in [7, 11) is 0. The van der Waals surface area contributed by atoms with Gasteiger partial charge in [-0.25, -0.2) is 4.39 Å². The normalized spacial score (nSPS) is 21.2. The Kier molecular flexibility index (Phi) is 3.61. The molecule has 1 aromatic carbocycles. The Morgan fingerprint density at radius 1 is 1.38 bits per heavy atom. The Labute approximate surface area is 124 Å². The summed E-state index contributed by atoms with van der Waals surface area (Å²) in [6.07, 6.45) is 4.18. The number of hydrogen-bond acceptors (Lipinski definition) is 3. The average molecular weight is 291 g/mol. The molecule has 1 saturated carbocycles. The minimum atomic E-state index is -0.871. The minimum absolute atomic E-state index is 0.238. The van der Waals surface area contributed by atoms with Gasteiger partial charge in [-0.1, -0.05) is 0 Å². The molecule has 0 aromatic heterocycles. The van der Waals surface area contributed by atoms with Gasteiger partial charge in [0.25, 0.3) is 0 Å². The van der Waals surface area contributed by atoms with Crippen molar-refractivity contribution in [1.29, 1.82) is 0 Å². The molecule has 4 nitrogen and oxygen atoms in total. The van der Waals surface area contributed by atoms with Gasteiger partial charge in [-0.05, 0) is 56.7 Å². The fourth-order valence-electron chi connectivity index (χ4n) is 2.93. The van der Waals surface area contributed by atoms with Crippen LogP contribution in [-0.2, 0) is 4.79 Å². The molecule has 2 fully saturated rings. The van der Waals surface area contributed by atoms with Crippen LogP contribution in [0.5, 0.6) is 0 Å². The van der Waals surface area contributed by atoms with Crippen molar-refractivity contribution in [2.24, 2.45) is 11.7 Å². The predicted octanol–water partition coefficient (Wildman–Crippen LogP) is 2.49. The van der Waals surface area contributed by atoms with Gasteiger partial charge < -0.3 is 16.0 Å². The molecule has 21 heavy (non-hydrogen) atoms. The molecule has 1 aliphatic heterocycles. The fourth-order valence-corrected chi connectivity index (χ4v) is 2.93. The molecule has 1 aromatic rings. The summed E-state index contributed by atoms with van der Waals surface area (Å²) >= 11 is 0. The maximum Gasteiger partial charge on any atom is 0.244 e. The molecule has 1 unspecified atom stereocenters. The standard InChI is InChI=1S/C16H22FN3O/c1-16(18,11-4-5-11)15(21)19-12-6-7-14(13(17)10-12)20-8-2-3-9-20/h6-7,10-11H,2-5,8-9,18H2,1H3,(H,19,21). The van der Waals surface area contributed by atoms with Crippen molar-refractivity contribution in [3.8, 4) is 0 Å². The van der Waals surface area contributed by atoms with E-state index >= 15 is 0 Å². The first-order valence-electron chi connectivity index (χ1n) is 7.63. The van der Waals surface area contributed by atoms with E-state index in [1.807, 2.05) is 4.90 Å². The summed E-state index contributed by atoms with van der Waals surface area (Å²) in [4.78, 5) is 14.2. The number of nitrogens with one attached hydrogen (secondary N) is 1. The third-order valence-corrected chi connectivity index (χ3v) is 4.57. The van der Waals surface area contributed by atoms with Gasteiger partial charge in [-0.3, -0.25) is 4.79 Å². The van der Waals surface area contributed by atoms with Gasteiger partial charge >= 0.3 is 0 Å². The minimum Gasteiger partial charge on any atom is -0.369 e. The van der Waals surface area contributed by atoms with E-state index in [9.17, 15) is 9.18 Å². The smallest absolute Gasteiger partial charge is 0.244 e. The Morgan fingerprint density at radius 3 is 2.62 bits per heavy atom. The highest BCUT2D eigenvalue weighted by molar-refractivity contribution is 5.98. The number of carbonyl (C=O) groups is 1. The van der Waals surface area contributed by atoms with Gasteiger partial charge in [0.15, 0.2) is 0 Å². The van der Waals surface area contributed by atoms with Gasteiger partial charge in [0.2, 0.25) is 5.91 Å². The highest BCUT2D eigenvalue weighted by Gasteiger charge is 2.44. The molecule has 0 radical (unpaired) electrons. The topological polar surface area (TPSA) is 58.4 Å². The molecule has 5 heteroatoms. The van der Waals surface area contributed by atoms with Crippen LogP contribution in [0.15, 0.2) is 18.2 Å². The first-order valence-corrected chi connectivity index (χ1v) is 7.63. The van der Waals surface area contributed by atoms with Gasteiger partial charge in [0.1, 0.15) is 5.82 Å². The fraction of sp³-hybridized carbons (Fsp3) is 0.562. The second-order valence-electron chi connectivity index (χ2n) is 6.37. The zero-order chi connectivity index (χ0) is 15.0. The number of anilines is 2. The molecule has 1 saturated heterocycles. The Morgan fingerprint density at radius 2 is 2.05 bits per heavy atom. The third kappa shape index (κ3) is 2.88. The number of rotatable bonds is 4. The van der Waals surface area contributed by atoms with Crippen LogP contribution in [0.1, 0.15) is 32.6 Å². The quantitative estimate of drug-likeness (QED) is 0.896. The van der Waals surface area contributed by atoms with Gasteiger partial charge in [0.05, 0.1) is 11.2 Å². The number of benzene rings is 1. The maximum atomic E-state index is 14.2. The molecule has 1 atom stereocenters. The number of amides is 1. The zero-order valence-electron chi connectivity index (χ0n) is 12.4. The lowest BCUT2D eigenvalue weighted by atomic mass is 9.96. The van der Waals surface area contributed by atoms with Crippen molar-refractivity contribution >= 4 is 17.3 Å². The highest BCUT2D eigenvalue weighted by Crippen LogP contribution is 2.38. The molecular formula is C16H22FN3O. The number of nitrogens with two attached hydrogens (primary N) is 1. The van der Waals surface area contributed by atoms with Gasteiger partial charge in [-0.2, -0.15) is 0 Å². The molecule has 0 spiro atoms. The summed E-state index contributed by atoms with van der Waals surface area (Å²) in [5.74, 6) is -0.288. The van der Waals surface area contributed by atoms with Crippen molar-refractivity contribution in [2.75, 3.05) is 23.3 Å². The molecule has 3 N–H and O–H groups in total. The zero-order valence-corrected chi connectivity index (χ0v) is 12.4. The van der Waals surface area contributed by atoms with E-state index in [1.165, 1.54) is 6.07 Å². The van der Waals surface area contributed by atoms with E-state index in [1.54, 1.807) is 19.1 Å². The van der Waals surface area contributed by atoms with E-state index in [-0.39, 0.29) is 17.6 Å². The van der Waals surface area contributed by atoms with Gasteiger partial charge in [0, 0.05) is 18.8 Å². The average Bonchev–Trinajstić information content (AvgIpc) is 3.17. The van der Waals surface area contributed by atoms with Crippen molar-refractivity contribution in [1.82, 2.24) is 0 Å². The first kappa shape index (κ1) is 14.3. The molecule has 0 bridgehead atoms. The van der Waals surface area contributed by atoms with Crippen LogP contribution >= 0.6 is 0 Å². The largest absolute Gasteiger partial charge is 0.369 e. The van der Waals surface area contributed by atoms with Crippen LogP contribution in [-0.4, -0.2) is 24.5 Å². The molecule has 2 aliphatic rings. The molecule has 3 rings (SSSR count). The summed E-state index contributed by atoms with van der Waals surface area (Å²) in [6.45, 7) is 3.53. The second kappa shape index (κ2) is 5.30. The molecule has 114 valence electrons. The highest BCUT2D eigenvalue weighted by atomic mass is 19.1. The van der Waals surface area contributed by atoms with E-state index in [0.717, 1.165) is 38.8 Å². The van der Waals surface area contributed by atoms with Crippen molar-refractivity contribution in [2.45, 2.75) is 38.1 Å². The van der Waals surface area contributed by atoms with E-state index in [4.69, 9.17) is 5.73 Å². The first-order chi connectivity index (χ1) is 9.98. The third-order valence-electron chi connectivity index (χ3n) is 4.57. The van der Waals surface area contributed by atoms with E-state index in [0.29, 0.717) is 11.4 Å². The number of halogens is 1.